The van der Waals surface area contributed by atoms with Crippen molar-refractivity contribution in [3.8, 4) is 0 Å². The topological polar surface area (TPSA) is 92.4 Å². The van der Waals surface area contributed by atoms with Crippen molar-refractivity contribution in [2.24, 2.45) is 0 Å². The molecule has 0 aliphatic rings. The van der Waals surface area contributed by atoms with Crippen LogP contribution in [0.3, 0.4) is 0 Å². The van der Waals surface area contributed by atoms with Crippen LogP contribution in [-0.2, 0) is 10.0 Å². The number of aliphatic hydroxyl groups is 1. The molecule has 114 valence electrons. The molecule has 1 unspecified atom stereocenters. The first-order valence-corrected chi connectivity index (χ1v) is 9.20. The van der Waals surface area contributed by atoms with E-state index in [1.54, 1.807) is 12.1 Å². The van der Waals surface area contributed by atoms with Gasteiger partial charge in [-0.05, 0) is 30.7 Å². The van der Waals surface area contributed by atoms with E-state index in [1.807, 2.05) is 19.1 Å². The first-order chi connectivity index (χ1) is 9.43. The van der Waals surface area contributed by atoms with Gasteiger partial charge in [-0.2, -0.15) is 0 Å². The van der Waals surface area contributed by atoms with Crippen LogP contribution in [0.1, 0.15) is 19.8 Å². The number of hydrogen-bond donors (Lipinski definition) is 3. The number of benzene rings is 1. The molecule has 0 aliphatic heterocycles. The number of nitrogens with two attached hydrogens (primary N) is 1. The smallest absolute Gasteiger partial charge is 0.212 e. The van der Waals surface area contributed by atoms with Crippen LogP contribution in [0.4, 0.5) is 5.69 Å². The first-order valence-electron chi connectivity index (χ1n) is 6.56. The van der Waals surface area contributed by atoms with Crippen molar-refractivity contribution in [2.45, 2.75) is 30.8 Å². The van der Waals surface area contributed by atoms with Gasteiger partial charge < -0.3 is 10.8 Å². The highest BCUT2D eigenvalue weighted by Gasteiger charge is 2.12. The molecular weight excluding hydrogens is 296 g/mol. The molecule has 1 aromatic carbocycles. The second-order valence-corrected chi connectivity index (χ2v) is 7.62. The fourth-order valence-electron chi connectivity index (χ4n) is 1.56. The van der Waals surface area contributed by atoms with Crippen LogP contribution >= 0.6 is 11.8 Å². The van der Waals surface area contributed by atoms with Gasteiger partial charge in [0.2, 0.25) is 10.0 Å². The molecule has 0 spiro atoms. The van der Waals surface area contributed by atoms with Crippen LogP contribution in [0, 0.1) is 0 Å². The van der Waals surface area contributed by atoms with Crippen LogP contribution < -0.4 is 10.5 Å². The average Bonchev–Trinajstić information content (AvgIpc) is 2.39. The quantitative estimate of drug-likeness (QED) is 0.473. The van der Waals surface area contributed by atoms with Gasteiger partial charge in [-0.15, -0.1) is 11.8 Å². The summed E-state index contributed by atoms with van der Waals surface area (Å²) in [5, 5.41) is 9.50. The van der Waals surface area contributed by atoms with E-state index in [1.165, 1.54) is 11.8 Å². The summed E-state index contributed by atoms with van der Waals surface area (Å²) in [5.74, 6) is 0.490. The molecule has 0 amide bonds. The standard InChI is InChI=1S/C13H22N2O3S2/c1-2-3-12(16)10-15-20(17,18)9-8-19-13-6-4-11(14)5-7-13/h4-7,12,15-16H,2-3,8-10,14H2,1H3. The maximum atomic E-state index is 11.7. The van der Waals surface area contributed by atoms with Crippen molar-refractivity contribution in [3.05, 3.63) is 24.3 Å². The number of hydrogen-bond acceptors (Lipinski definition) is 5. The Morgan fingerprint density at radius 3 is 2.60 bits per heavy atom. The number of nitrogens with one attached hydrogen (secondary N) is 1. The number of rotatable bonds is 9. The second-order valence-electron chi connectivity index (χ2n) is 4.53. The maximum Gasteiger partial charge on any atom is 0.212 e. The Morgan fingerprint density at radius 2 is 2.00 bits per heavy atom. The van der Waals surface area contributed by atoms with Crippen molar-refractivity contribution in [3.63, 3.8) is 0 Å². The lowest BCUT2D eigenvalue weighted by Gasteiger charge is -2.11. The largest absolute Gasteiger partial charge is 0.399 e. The van der Waals surface area contributed by atoms with Crippen LogP contribution in [-0.4, -0.2) is 37.7 Å². The van der Waals surface area contributed by atoms with Crippen molar-refractivity contribution in [1.82, 2.24) is 4.72 Å². The molecule has 5 nitrogen and oxygen atoms in total. The fourth-order valence-corrected chi connectivity index (χ4v) is 3.93. The Kier molecular flexibility index (Phi) is 7.36. The van der Waals surface area contributed by atoms with E-state index >= 15 is 0 Å². The minimum Gasteiger partial charge on any atom is -0.399 e. The summed E-state index contributed by atoms with van der Waals surface area (Å²) >= 11 is 1.46. The molecule has 0 radical (unpaired) electrons. The van der Waals surface area contributed by atoms with Gasteiger partial charge in [0.1, 0.15) is 0 Å². The summed E-state index contributed by atoms with van der Waals surface area (Å²) in [5.41, 5.74) is 6.27. The summed E-state index contributed by atoms with van der Waals surface area (Å²) in [6.07, 6.45) is 0.818. The third kappa shape index (κ3) is 7.14. The highest BCUT2D eigenvalue weighted by Crippen LogP contribution is 2.19. The zero-order chi connectivity index (χ0) is 15.0. The highest BCUT2D eigenvalue weighted by atomic mass is 32.2. The Morgan fingerprint density at radius 1 is 1.35 bits per heavy atom. The molecule has 4 N–H and O–H groups in total. The predicted octanol–water partition coefficient (Wildman–Crippen LogP) is 1.44. The van der Waals surface area contributed by atoms with Crippen LogP contribution in [0.15, 0.2) is 29.2 Å². The Hall–Kier alpha value is -0.760. The lowest BCUT2D eigenvalue weighted by atomic mass is 10.2. The molecule has 0 fully saturated rings. The van der Waals surface area contributed by atoms with Crippen molar-refractivity contribution >= 4 is 27.5 Å². The Labute approximate surface area is 125 Å². The molecule has 0 saturated heterocycles. The summed E-state index contributed by atoms with van der Waals surface area (Å²) < 4.78 is 25.9. The molecule has 0 saturated carbocycles. The molecule has 7 heteroatoms. The minimum absolute atomic E-state index is 0.0287. The molecule has 1 aromatic rings. The molecular formula is C13H22N2O3S2. The second kappa shape index (κ2) is 8.51. The van der Waals surface area contributed by atoms with Gasteiger partial charge in [0, 0.05) is 22.9 Å². The van der Waals surface area contributed by atoms with E-state index in [4.69, 9.17) is 5.73 Å². The summed E-state index contributed by atoms with van der Waals surface area (Å²) in [4.78, 5) is 0.986. The third-order valence-corrected chi connectivity index (χ3v) is 5.28. The van der Waals surface area contributed by atoms with E-state index in [0.717, 1.165) is 11.3 Å². The number of nitrogen functional groups attached to an aromatic ring is 1. The average molecular weight is 318 g/mol. The number of thioether (sulfide) groups is 1. The minimum atomic E-state index is -3.33. The number of anilines is 1. The van der Waals surface area contributed by atoms with Gasteiger partial charge in [0.25, 0.3) is 0 Å². The fraction of sp³-hybridized carbons (Fsp3) is 0.538. The van der Waals surface area contributed by atoms with E-state index in [9.17, 15) is 13.5 Å². The summed E-state index contributed by atoms with van der Waals surface area (Å²) in [7, 11) is -3.33. The third-order valence-electron chi connectivity index (χ3n) is 2.66. The SMILES string of the molecule is CCCC(O)CNS(=O)(=O)CCSc1ccc(N)cc1. The normalized spacial score (nSPS) is 13.3. The van der Waals surface area contributed by atoms with Crippen LogP contribution in [0.25, 0.3) is 0 Å². The van der Waals surface area contributed by atoms with Gasteiger partial charge in [-0.3, -0.25) is 0 Å². The van der Waals surface area contributed by atoms with Gasteiger partial charge in [0.15, 0.2) is 0 Å². The maximum absolute atomic E-state index is 11.7. The molecule has 0 aliphatic carbocycles. The van der Waals surface area contributed by atoms with Gasteiger partial charge in [-0.1, -0.05) is 13.3 Å². The van der Waals surface area contributed by atoms with Crippen LogP contribution in [0.2, 0.25) is 0 Å². The van der Waals surface area contributed by atoms with Gasteiger partial charge in [-0.25, -0.2) is 13.1 Å². The highest BCUT2D eigenvalue weighted by molar-refractivity contribution is 8.00. The van der Waals surface area contributed by atoms with E-state index < -0.39 is 16.1 Å². The number of aliphatic hydroxyl groups excluding tert-OH is 1. The van der Waals surface area contributed by atoms with E-state index in [2.05, 4.69) is 4.72 Å². The molecule has 0 bridgehead atoms. The van der Waals surface area contributed by atoms with Gasteiger partial charge >= 0.3 is 0 Å². The molecule has 0 aromatic heterocycles. The summed E-state index contributed by atoms with van der Waals surface area (Å²) in [6, 6.07) is 7.31. The van der Waals surface area contributed by atoms with Crippen molar-refractivity contribution < 1.29 is 13.5 Å². The molecule has 0 heterocycles. The summed E-state index contributed by atoms with van der Waals surface area (Å²) in [6.45, 7) is 2.03. The zero-order valence-electron chi connectivity index (χ0n) is 11.6. The van der Waals surface area contributed by atoms with E-state index in [0.29, 0.717) is 17.9 Å². The Balaban J connectivity index is 2.30. The van der Waals surface area contributed by atoms with Gasteiger partial charge in [0.05, 0.1) is 11.9 Å². The molecule has 20 heavy (non-hydrogen) atoms. The molecule has 1 rings (SSSR count). The molecule has 1 atom stereocenters. The van der Waals surface area contributed by atoms with Crippen molar-refractivity contribution in [1.29, 1.82) is 0 Å². The van der Waals surface area contributed by atoms with Crippen molar-refractivity contribution in [2.75, 3.05) is 23.8 Å². The van der Waals surface area contributed by atoms with Crippen LogP contribution in [0.5, 0.6) is 0 Å². The zero-order valence-corrected chi connectivity index (χ0v) is 13.2. The Bertz CT molecular complexity index is 489. The predicted molar refractivity (Wildman–Crippen MR) is 84.3 cm³/mol. The lowest BCUT2D eigenvalue weighted by Crippen LogP contribution is -2.34. The lowest BCUT2D eigenvalue weighted by molar-refractivity contribution is 0.167. The monoisotopic (exact) mass is 318 g/mol. The number of sulfonamides is 1. The first kappa shape index (κ1) is 17.3. The van der Waals surface area contributed by atoms with E-state index in [-0.39, 0.29) is 12.3 Å².